The van der Waals surface area contributed by atoms with Crippen molar-refractivity contribution in [2.45, 2.75) is 27.1 Å². The molecule has 1 aromatic carbocycles. The van der Waals surface area contributed by atoms with Gasteiger partial charge in [-0.25, -0.2) is 4.98 Å². The Morgan fingerprint density at radius 2 is 1.71 bits per heavy atom. The zero-order valence-electron chi connectivity index (χ0n) is 14.3. The molecule has 0 radical (unpaired) electrons. The van der Waals surface area contributed by atoms with E-state index in [0.717, 1.165) is 39.3 Å². The first-order valence-electron chi connectivity index (χ1n) is 7.71. The lowest BCUT2D eigenvalue weighted by atomic mass is 10.1. The van der Waals surface area contributed by atoms with Crippen LogP contribution in [0.2, 0.25) is 0 Å². The highest BCUT2D eigenvalue weighted by Crippen LogP contribution is 2.32. The molecule has 126 valence electrons. The van der Waals surface area contributed by atoms with E-state index >= 15 is 0 Å². The highest BCUT2D eigenvalue weighted by molar-refractivity contribution is 5.87. The second-order valence-corrected chi connectivity index (χ2v) is 5.65. The molecular weight excluding hydrogens is 306 g/mol. The zero-order valence-corrected chi connectivity index (χ0v) is 14.3. The quantitative estimate of drug-likeness (QED) is 0.752. The second kappa shape index (κ2) is 6.88. The van der Waals surface area contributed by atoms with E-state index in [0.29, 0.717) is 19.0 Å². The maximum atomic E-state index is 6.05. The van der Waals surface area contributed by atoms with Crippen LogP contribution in [0.5, 0.6) is 11.5 Å². The molecule has 0 saturated heterocycles. The van der Waals surface area contributed by atoms with Gasteiger partial charge in [-0.2, -0.15) is 0 Å². The molecule has 0 bridgehead atoms. The molecular formula is C18H21N3O3. The van der Waals surface area contributed by atoms with Crippen molar-refractivity contribution in [3.05, 3.63) is 47.0 Å². The number of imidazole rings is 1. The van der Waals surface area contributed by atoms with Gasteiger partial charge in [-0.05, 0) is 42.7 Å². The molecule has 0 unspecified atom stereocenters. The van der Waals surface area contributed by atoms with E-state index in [9.17, 15) is 0 Å². The summed E-state index contributed by atoms with van der Waals surface area (Å²) in [6, 6.07) is 3.75. The molecule has 3 rings (SSSR count). The third kappa shape index (κ3) is 3.05. The molecule has 0 saturated carbocycles. The van der Waals surface area contributed by atoms with Gasteiger partial charge in [-0.1, -0.05) is 0 Å². The smallest absolute Gasteiger partial charge is 0.147 e. The predicted octanol–water partition coefficient (Wildman–Crippen LogP) is 3.31. The molecule has 2 aromatic heterocycles. The van der Waals surface area contributed by atoms with Gasteiger partial charge in [0.2, 0.25) is 0 Å². The molecule has 6 heteroatoms. The monoisotopic (exact) mass is 327 g/mol. The second-order valence-electron chi connectivity index (χ2n) is 5.65. The van der Waals surface area contributed by atoms with Crippen molar-refractivity contribution < 1.29 is 14.2 Å². The first-order chi connectivity index (χ1) is 11.6. The van der Waals surface area contributed by atoms with Gasteiger partial charge in [0.25, 0.3) is 0 Å². The molecule has 24 heavy (non-hydrogen) atoms. The number of aromatic nitrogens is 3. The Bertz CT molecular complexity index is 838. The molecule has 0 spiro atoms. The summed E-state index contributed by atoms with van der Waals surface area (Å²) in [6.07, 6.45) is 3.70. The molecule has 0 aliphatic rings. The third-order valence-electron chi connectivity index (χ3n) is 3.98. The number of nitrogens with zero attached hydrogens (tertiary/aromatic N) is 2. The number of H-pyrrole nitrogens is 1. The number of benzene rings is 1. The van der Waals surface area contributed by atoms with Crippen LogP contribution in [0.15, 0.2) is 24.5 Å². The molecule has 0 amide bonds. The minimum absolute atomic E-state index is 0.403. The lowest BCUT2D eigenvalue weighted by Gasteiger charge is -2.12. The average molecular weight is 327 g/mol. The summed E-state index contributed by atoms with van der Waals surface area (Å²) < 4.78 is 16.6. The van der Waals surface area contributed by atoms with Crippen LogP contribution < -0.4 is 9.47 Å². The molecule has 0 atom stereocenters. The van der Waals surface area contributed by atoms with Crippen molar-refractivity contribution in [2.24, 2.45) is 0 Å². The summed E-state index contributed by atoms with van der Waals surface area (Å²) in [5, 5.41) is 0. The lowest BCUT2D eigenvalue weighted by molar-refractivity contribution is 0.179. The number of aryl methyl sites for hydroxylation is 2. The SMILES string of the molecule is COCc1nc2c(OCc3c(C)cncc3C)ccc(OC)c2[nH]1. The van der Waals surface area contributed by atoms with Gasteiger partial charge in [0.15, 0.2) is 0 Å². The Morgan fingerprint density at radius 3 is 2.38 bits per heavy atom. The molecule has 0 fully saturated rings. The van der Waals surface area contributed by atoms with Crippen molar-refractivity contribution in [3.8, 4) is 11.5 Å². The number of nitrogens with one attached hydrogen (secondary N) is 1. The van der Waals surface area contributed by atoms with Crippen LogP contribution in [0.4, 0.5) is 0 Å². The Labute approximate surface area is 140 Å². The molecule has 0 aliphatic heterocycles. The number of rotatable bonds is 6. The number of fused-ring (bicyclic) bond motifs is 1. The minimum atomic E-state index is 0.403. The van der Waals surface area contributed by atoms with Gasteiger partial charge in [0.05, 0.1) is 7.11 Å². The molecule has 1 N–H and O–H groups in total. The van der Waals surface area contributed by atoms with Crippen LogP contribution in [0.1, 0.15) is 22.5 Å². The predicted molar refractivity (Wildman–Crippen MR) is 91.4 cm³/mol. The number of pyridine rings is 1. The third-order valence-corrected chi connectivity index (χ3v) is 3.98. The highest BCUT2D eigenvalue weighted by atomic mass is 16.5. The first kappa shape index (κ1) is 16.3. The van der Waals surface area contributed by atoms with Crippen LogP contribution in [0.3, 0.4) is 0 Å². The number of hydrogen-bond donors (Lipinski definition) is 1. The van der Waals surface area contributed by atoms with E-state index in [-0.39, 0.29) is 0 Å². The van der Waals surface area contributed by atoms with E-state index in [4.69, 9.17) is 14.2 Å². The van der Waals surface area contributed by atoms with Gasteiger partial charge in [-0.15, -0.1) is 0 Å². The van der Waals surface area contributed by atoms with E-state index in [1.807, 2.05) is 38.4 Å². The molecule has 3 aromatic rings. The number of aromatic amines is 1. The summed E-state index contributed by atoms with van der Waals surface area (Å²) in [6.45, 7) is 4.94. The van der Waals surface area contributed by atoms with Gasteiger partial charge in [-0.3, -0.25) is 4.98 Å². The Balaban J connectivity index is 1.94. The van der Waals surface area contributed by atoms with Crippen LogP contribution in [-0.2, 0) is 18.0 Å². The number of ether oxygens (including phenoxy) is 3. The van der Waals surface area contributed by atoms with Crippen molar-refractivity contribution in [2.75, 3.05) is 14.2 Å². The van der Waals surface area contributed by atoms with E-state index in [1.54, 1.807) is 14.2 Å². The summed E-state index contributed by atoms with van der Waals surface area (Å²) in [5.41, 5.74) is 4.92. The van der Waals surface area contributed by atoms with Gasteiger partial charge in [0.1, 0.15) is 41.6 Å². The van der Waals surface area contributed by atoms with Crippen LogP contribution in [-0.4, -0.2) is 29.2 Å². The summed E-state index contributed by atoms with van der Waals surface area (Å²) in [4.78, 5) is 12.0. The van der Waals surface area contributed by atoms with Crippen molar-refractivity contribution >= 4 is 11.0 Å². The zero-order chi connectivity index (χ0) is 17.1. The largest absolute Gasteiger partial charge is 0.494 e. The Hall–Kier alpha value is -2.60. The number of hydrogen-bond acceptors (Lipinski definition) is 5. The fourth-order valence-corrected chi connectivity index (χ4v) is 2.69. The highest BCUT2D eigenvalue weighted by Gasteiger charge is 2.14. The van der Waals surface area contributed by atoms with E-state index < -0.39 is 0 Å². The van der Waals surface area contributed by atoms with Crippen LogP contribution in [0.25, 0.3) is 11.0 Å². The lowest BCUT2D eigenvalue weighted by Crippen LogP contribution is -2.02. The number of methoxy groups -OCH3 is 2. The van der Waals surface area contributed by atoms with Gasteiger partial charge < -0.3 is 19.2 Å². The Kier molecular flexibility index (Phi) is 4.66. The van der Waals surface area contributed by atoms with E-state index in [2.05, 4.69) is 15.0 Å². The first-order valence-corrected chi connectivity index (χ1v) is 7.71. The maximum absolute atomic E-state index is 6.05. The summed E-state index contributed by atoms with van der Waals surface area (Å²) in [7, 11) is 3.27. The van der Waals surface area contributed by atoms with Gasteiger partial charge >= 0.3 is 0 Å². The molecule has 6 nitrogen and oxygen atoms in total. The Morgan fingerprint density at radius 1 is 1.00 bits per heavy atom. The fourth-order valence-electron chi connectivity index (χ4n) is 2.69. The van der Waals surface area contributed by atoms with Crippen molar-refractivity contribution in [1.82, 2.24) is 15.0 Å². The van der Waals surface area contributed by atoms with E-state index in [1.165, 1.54) is 0 Å². The average Bonchev–Trinajstić information content (AvgIpc) is 2.98. The summed E-state index contributed by atoms with van der Waals surface area (Å²) >= 11 is 0. The molecule has 0 aliphatic carbocycles. The maximum Gasteiger partial charge on any atom is 0.147 e. The van der Waals surface area contributed by atoms with Crippen molar-refractivity contribution in [3.63, 3.8) is 0 Å². The summed E-state index contributed by atoms with van der Waals surface area (Å²) in [5.74, 6) is 2.17. The van der Waals surface area contributed by atoms with Gasteiger partial charge in [0, 0.05) is 19.5 Å². The molecule has 2 heterocycles. The fraction of sp³-hybridized carbons (Fsp3) is 0.333. The minimum Gasteiger partial charge on any atom is -0.494 e. The normalized spacial score (nSPS) is 11.0. The topological polar surface area (TPSA) is 69.3 Å². The van der Waals surface area contributed by atoms with Crippen molar-refractivity contribution in [1.29, 1.82) is 0 Å². The van der Waals surface area contributed by atoms with Crippen LogP contribution >= 0.6 is 0 Å². The van der Waals surface area contributed by atoms with Crippen LogP contribution in [0, 0.1) is 13.8 Å². The standard InChI is InChI=1S/C18H21N3O3/c1-11-7-19-8-12(2)13(11)9-24-15-6-5-14(23-4)17-18(15)21-16(20-17)10-22-3/h5-8H,9-10H2,1-4H3,(H,20,21).